The molecule has 0 aliphatic rings. The average Bonchev–Trinajstić information content (AvgIpc) is 2.36. The van der Waals surface area contributed by atoms with Crippen LogP contribution in [0, 0.1) is 5.92 Å². The van der Waals surface area contributed by atoms with Gasteiger partial charge < -0.3 is 10.4 Å². The molecule has 0 saturated heterocycles. The number of carbonyl (C=O) groups is 2. The Morgan fingerprint density at radius 1 is 1.37 bits per heavy atom. The summed E-state index contributed by atoms with van der Waals surface area (Å²) in [6.45, 7) is 5.24. The van der Waals surface area contributed by atoms with Crippen molar-refractivity contribution in [2.24, 2.45) is 5.92 Å². The number of benzene rings is 1. The minimum atomic E-state index is -0.924. The summed E-state index contributed by atoms with van der Waals surface area (Å²) < 4.78 is 0. The Morgan fingerprint density at radius 3 is 2.53 bits per heavy atom. The summed E-state index contributed by atoms with van der Waals surface area (Å²) in [6.07, 6.45) is 2.15. The van der Waals surface area contributed by atoms with E-state index >= 15 is 0 Å². The number of carbonyl (C=O) groups excluding carboxylic acids is 1. The summed E-state index contributed by atoms with van der Waals surface area (Å²) in [4.78, 5) is 22.9. The molecule has 1 amide bonds. The third kappa shape index (κ3) is 4.95. The van der Waals surface area contributed by atoms with Crippen LogP contribution < -0.4 is 5.32 Å². The number of carboxylic acid groups (broad SMARTS) is 1. The molecule has 4 nitrogen and oxygen atoms in total. The van der Waals surface area contributed by atoms with Crippen LogP contribution in [0.5, 0.6) is 0 Å². The highest BCUT2D eigenvalue weighted by molar-refractivity contribution is 5.80. The van der Waals surface area contributed by atoms with E-state index < -0.39 is 17.9 Å². The van der Waals surface area contributed by atoms with Gasteiger partial charge in [0.15, 0.2) is 0 Å². The molecule has 0 fully saturated rings. The highest BCUT2D eigenvalue weighted by atomic mass is 16.4. The molecule has 0 bridgehead atoms. The van der Waals surface area contributed by atoms with E-state index in [0.29, 0.717) is 6.42 Å². The first kappa shape index (κ1) is 15.0. The van der Waals surface area contributed by atoms with Gasteiger partial charge in [-0.1, -0.05) is 36.4 Å². The van der Waals surface area contributed by atoms with Crippen molar-refractivity contribution in [1.29, 1.82) is 0 Å². The fourth-order valence-electron chi connectivity index (χ4n) is 1.89. The zero-order chi connectivity index (χ0) is 14.3. The van der Waals surface area contributed by atoms with Gasteiger partial charge in [-0.3, -0.25) is 9.59 Å². The van der Waals surface area contributed by atoms with Crippen LogP contribution in [-0.4, -0.2) is 23.0 Å². The van der Waals surface area contributed by atoms with Crippen LogP contribution in [0.2, 0.25) is 0 Å². The molecule has 2 N–H and O–H groups in total. The summed E-state index contributed by atoms with van der Waals surface area (Å²) in [7, 11) is 0. The molecule has 1 aromatic rings. The van der Waals surface area contributed by atoms with Gasteiger partial charge in [0.1, 0.15) is 0 Å². The van der Waals surface area contributed by atoms with Gasteiger partial charge in [-0.15, -0.1) is 6.58 Å². The number of carboxylic acids is 1. The van der Waals surface area contributed by atoms with E-state index in [1.54, 1.807) is 13.0 Å². The van der Waals surface area contributed by atoms with Crippen molar-refractivity contribution < 1.29 is 14.7 Å². The van der Waals surface area contributed by atoms with E-state index in [4.69, 9.17) is 5.11 Å². The molecular formula is C15H19NO3. The van der Waals surface area contributed by atoms with E-state index in [0.717, 1.165) is 5.56 Å². The first-order valence-electron chi connectivity index (χ1n) is 6.21. The topological polar surface area (TPSA) is 66.4 Å². The van der Waals surface area contributed by atoms with E-state index in [1.165, 1.54) is 0 Å². The molecule has 0 unspecified atom stereocenters. The minimum absolute atomic E-state index is 0.172. The van der Waals surface area contributed by atoms with Crippen LogP contribution in [0.25, 0.3) is 0 Å². The molecule has 19 heavy (non-hydrogen) atoms. The molecule has 0 radical (unpaired) electrons. The number of nitrogens with one attached hydrogen (secondary N) is 1. The quantitative estimate of drug-likeness (QED) is 0.738. The molecule has 1 rings (SSSR count). The maximum absolute atomic E-state index is 11.8. The van der Waals surface area contributed by atoms with Gasteiger partial charge in [-0.05, 0) is 18.9 Å². The van der Waals surface area contributed by atoms with Crippen molar-refractivity contribution in [3.63, 3.8) is 0 Å². The second-order valence-corrected chi connectivity index (χ2v) is 4.49. The standard InChI is InChI=1S/C15H19NO3/c1-3-7-13(15(18)19)11(2)16-14(17)10-12-8-5-4-6-9-12/h3-6,8-9,11,13H,1,7,10H2,2H3,(H,16,17)(H,18,19)/t11-,13-/m0/s1. The van der Waals surface area contributed by atoms with Crippen LogP contribution >= 0.6 is 0 Å². The van der Waals surface area contributed by atoms with E-state index in [9.17, 15) is 9.59 Å². The smallest absolute Gasteiger partial charge is 0.308 e. The van der Waals surface area contributed by atoms with Crippen molar-refractivity contribution in [3.8, 4) is 0 Å². The molecule has 0 saturated carbocycles. The van der Waals surface area contributed by atoms with Crippen LogP contribution in [0.1, 0.15) is 18.9 Å². The zero-order valence-electron chi connectivity index (χ0n) is 11.0. The molecular weight excluding hydrogens is 242 g/mol. The van der Waals surface area contributed by atoms with Gasteiger partial charge in [0.25, 0.3) is 0 Å². The van der Waals surface area contributed by atoms with Gasteiger partial charge in [0.05, 0.1) is 12.3 Å². The lowest BCUT2D eigenvalue weighted by Crippen LogP contribution is -2.41. The summed E-state index contributed by atoms with van der Waals surface area (Å²) in [5, 5.41) is 11.8. The van der Waals surface area contributed by atoms with Gasteiger partial charge in [-0.2, -0.15) is 0 Å². The fraction of sp³-hybridized carbons (Fsp3) is 0.333. The average molecular weight is 261 g/mol. The van der Waals surface area contributed by atoms with E-state index in [1.807, 2.05) is 30.3 Å². The molecule has 4 heteroatoms. The predicted molar refractivity (Wildman–Crippen MR) is 73.7 cm³/mol. The summed E-state index contributed by atoms with van der Waals surface area (Å²) in [5.41, 5.74) is 0.905. The van der Waals surface area contributed by atoms with Crippen LogP contribution in [0.3, 0.4) is 0 Å². The lowest BCUT2D eigenvalue weighted by Gasteiger charge is -2.20. The largest absolute Gasteiger partial charge is 0.481 e. The number of rotatable bonds is 7. The maximum Gasteiger partial charge on any atom is 0.308 e. The summed E-state index contributed by atoms with van der Waals surface area (Å²) in [6, 6.07) is 8.92. The van der Waals surface area contributed by atoms with Gasteiger partial charge >= 0.3 is 5.97 Å². The number of amides is 1. The molecule has 0 heterocycles. The van der Waals surface area contributed by atoms with Crippen LogP contribution in [0.15, 0.2) is 43.0 Å². The lowest BCUT2D eigenvalue weighted by atomic mass is 9.97. The summed E-state index contributed by atoms with van der Waals surface area (Å²) >= 11 is 0. The van der Waals surface area contributed by atoms with Crippen molar-refractivity contribution >= 4 is 11.9 Å². The van der Waals surface area contributed by atoms with Crippen LogP contribution in [-0.2, 0) is 16.0 Å². The number of hydrogen-bond acceptors (Lipinski definition) is 2. The highest BCUT2D eigenvalue weighted by Crippen LogP contribution is 2.10. The minimum Gasteiger partial charge on any atom is -0.481 e. The monoisotopic (exact) mass is 261 g/mol. The lowest BCUT2D eigenvalue weighted by molar-refractivity contribution is -0.142. The Labute approximate surface area is 113 Å². The van der Waals surface area contributed by atoms with E-state index in [2.05, 4.69) is 11.9 Å². The zero-order valence-corrected chi connectivity index (χ0v) is 11.0. The van der Waals surface area contributed by atoms with Crippen LogP contribution in [0.4, 0.5) is 0 Å². The number of hydrogen-bond donors (Lipinski definition) is 2. The number of aliphatic carboxylic acids is 1. The Hall–Kier alpha value is -2.10. The third-order valence-corrected chi connectivity index (χ3v) is 2.94. The SMILES string of the molecule is C=CC[C@H](C(=O)O)[C@H](C)NC(=O)Cc1ccccc1. The molecule has 2 atom stereocenters. The van der Waals surface area contributed by atoms with Gasteiger partial charge in [0, 0.05) is 6.04 Å². The molecule has 0 aliphatic heterocycles. The highest BCUT2D eigenvalue weighted by Gasteiger charge is 2.24. The molecule has 0 spiro atoms. The molecule has 0 aliphatic carbocycles. The van der Waals surface area contributed by atoms with Crippen molar-refractivity contribution in [2.75, 3.05) is 0 Å². The first-order chi connectivity index (χ1) is 9.04. The Morgan fingerprint density at radius 2 is 2.00 bits per heavy atom. The van der Waals surface area contributed by atoms with Crippen molar-refractivity contribution in [1.82, 2.24) is 5.32 Å². The molecule has 102 valence electrons. The normalized spacial score (nSPS) is 13.3. The Bertz CT molecular complexity index is 442. The third-order valence-electron chi connectivity index (χ3n) is 2.94. The molecule has 1 aromatic carbocycles. The van der Waals surface area contributed by atoms with E-state index in [-0.39, 0.29) is 12.3 Å². The fourth-order valence-corrected chi connectivity index (χ4v) is 1.89. The number of allylic oxidation sites excluding steroid dienone is 1. The molecule has 0 aromatic heterocycles. The van der Waals surface area contributed by atoms with Gasteiger partial charge in [-0.25, -0.2) is 0 Å². The Kier molecular flexibility index (Phi) is 5.79. The van der Waals surface area contributed by atoms with Gasteiger partial charge in [0.2, 0.25) is 5.91 Å². The second kappa shape index (κ2) is 7.36. The summed E-state index contributed by atoms with van der Waals surface area (Å²) in [5.74, 6) is -1.74. The second-order valence-electron chi connectivity index (χ2n) is 4.49. The Balaban J connectivity index is 2.55. The van der Waals surface area contributed by atoms with Crippen molar-refractivity contribution in [3.05, 3.63) is 48.6 Å². The first-order valence-corrected chi connectivity index (χ1v) is 6.21. The predicted octanol–water partition coefficient (Wildman–Crippen LogP) is 2.01. The van der Waals surface area contributed by atoms with Crippen molar-refractivity contribution in [2.45, 2.75) is 25.8 Å². The maximum atomic E-state index is 11.8.